The first-order valence-corrected chi connectivity index (χ1v) is 11.8. The van der Waals surface area contributed by atoms with Crippen LogP contribution >= 0.6 is 0 Å². The van der Waals surface area contributed by atoms with E-state index in [1.54, 1.807) is 12.1 Å². The van der Waals surface area contributed by atoms with Crippen LogP contribution in [0.5, 0.6) is 11.5 Å². The molecular weight excluding hydrogens is 437 g/mol. The lowest BCUT2D eigenvalue weighted by molar-refractivity contribution is -0.139. The molecule has 1 saturated heterocycles. The van der Waals surface area contributed by atoms with E-state index in [9.17, 15) is 14.0 Å². The van der Waals surface area contributed by atoms with Crippen LogP contribution in [-0.2, 0) is 16.0 Å². The first kappa shape index (κ1) is 24.0. The molecule has 0 radical (unpaired) electrons. The monoisotopic (exact) mass is 469 g/mol. The Morgan fingerprint density at radius 3 is 2.79 bits per heavy atom. The summed E-state index contributed by atoms with van der Waals surface area (Å²) in [5.74, 6) is 0.782. The number of halogens is 1. The van der Waals surface area contributed by atoms with Gasteiger partial charge in [0.2, 0.25) is 5.91 Å². The Labute approximate surface area is 199 Å². The highest BCUT2D eigenvalue weighted by Gasteiger charge is 2.25. The number of carbonyl (C=O) groups is 2. The fourth-order valence-electron chi connectivity index (χ4n) is 4.67. The van der Waals surface area contributed by atoms with E-state index < -0.39 is 0 Å². The highest BCUT2D eigenvalue weighted by atomic mass is 19.1. The summed E-state index contributed by atoms with van der Waals surface area (Å²) in [5.41, 5.74) is 2.33. The van der Waals surface area contributed by atoms with Gasteiger partial charge in [0.1, 0.15) is 5.75 Å². The van der Waals surface area contributed by atoms with E-state index in [1.807, 2.05) is 12.1 Å². The molecule has 34 heavy (non-hydrogen) atoms. The van der Waals surface area contributed by atoms with Gasteiger partial charge in [-0.15, -0.1) is 0 Å². The molecule has 1 aliphatic carbocycles. The number of ether oxygens (including phenoxy) is 2. The number of rotatable bonds is 9. The molecule has 4 rings (SSSR count). The summed E-state index contributed by atoms with van der Waals surface area (Å²) in [6, 6.07) is 13.4. The Morgan fingerprint density at radius 2 is 2.03 bits per heavy atom. The van der Waals surface area contributed by atoms with E-state index in [1.165, 1.54) is 23.6 Å². The van der Waals surface area contributed by atoms with Crippen molar-refractivity contribution >= 4 is 11.8 Å². The van der Waals surface area contributed by atoms with Crippen molar-refractivity contribution in [3.8, 4) is 11.5 Å². The van der Waals surface area contributed by atoms with Crippen molar-refractivity contribution in [2.45, 2.75) is 37.6 Å². The van der Waals surface area contributed by atoms with Gasteiger partial charge in [-0.05, 0) is 73.5 Å². The van der Waals surface area contributed by atoms with Gasteiger partial charge in [-0.25, -0.2) is 4.39 Å². The highest BCUT2D eigenvalue weighted by molar-refractivity contribution is 5.86. The van der Waals surface area contributed by atoms with E-state index >= 15 is 0 Å². The summed E-state index contributed by atoms with van der Waals surface area (Å²) in [6.45, 7) is 1.86. The molecular formula is C26H32FN3O4. The van der Waals surface area contributed by atoms with Crippen LogP contribution in [0.4, 0.5) is 4.39 Å². The lowest BCUT2D eigenvalue weighted by Crippen LogP contribution is -2.51. The molecule has 2 amide bonds. The molecule has 182 valence electrons. The number of carbonyl (C=O) groups excluding carboxylic acids is 2. The predicted molar refractivity (Wildman–Crippen MR) is 127 cm³/mol. The zero-order valence-electron chi connectivity index (χ0n) is 19.5. The summed E-state index contributed by atoms with van der Waals surface area (Å²) >= 11 is 0. The zero-order chi connectivity index (χ0) is 23.9. The van der Waals surface area contributed by atoms with Crippen molar-refractivity contribution < 1.29 is 23.5 Å². The molecule has 2 atom stereocenters. The Hall–Kier alpha value is -3.13. The summed E-state index contributed by atoms with van der Waals surface area (Å²) in [6.07, 6.45) is 4.14. The Balaban J connectivity index is 1.19. The number of benzene rings is 2. The molecule has 7 nitrogen and oxygen atoms in total. The van der Waals surface area contributed by atoms with Gasteiger partial charge in [0.05, 0.1) is 13.7 Å². The summed E-state index contributed by atoms with van der Waals surface area (Å²) in [7, 11) is 1.48. The SMILES string of the molecule is COc1cc(CCN[C@H]2CC[C@@H](c3ccc(OCC(=O)N4CCNC(=O)C4)cc3)C2)ccc1F. The summed E-state index contributed by atoms with van der Waals surface area (Å²) in [4.78, 5) is 25.2. The number of amides is 2. The van der Waals surface area contributed by atoms with Crippen molar-refractivity contribution in [1.82, 2.24) is 15.5 Å². The molecule has 1 heterocycles. The van der Waals surface area contributed by atoms with Crippen molar-refractivity contribution in [1.29, 1.82) is 0 Å². The van der Waals surface area contributed by atoms with Gasteiger partial charge in [0, 0.05) is 19.1 Å². The van der Waals surface area contributed by atoms with Crippen LogP contribution in [0.1, 0.15) is 36.3 Å². The fourth-order valence-corrected chi connectivity index (χ4v) is 4.67. The molecule has 2 aliphatic rings. The maximum atomic E-state index is 13.6. The second-order valence-electron chi connectivity index (χ2n) is 8.90. The van der Waals surface area contributed by atoms with Crippen LogP contribution < -0.4 is 20.1 Å². The van der Waals surface area contributed by atoms with Crippen LogP contribution in [0.25, 0.3) is 0 Å². The summed E-state index contributed by atoms with van der Waals surface area (Å²) < 4.78 is 24.3. The van der Waals surface area contributed by atoms with E-state index in [-0.39, 0.29) is 36.5 Å². The molecule has 0 unspecified atom stereocenters. The Bertz CT molecular complexity index is 998. The van der Waals surface area contributed by atoms with E-state index in [0.717, 1.165) is 37.8 Å². The third-order valence-corrected chi connectivity index (χ3v) is 6.60. The molecule has 2 aromatic carbocycles. The third kappa shape index (κ3) is 6.26. The van der Waals surface area contributed by atoms with Gasteiger partial charge in [0.25, 0.3) is 5.91 Å². The van der Waals surface area contributed by atoms with E-state index in [0.29, 0.717) is 30.8 Å². The van der Waals surface area contributed by atoms with Gasteiger partial charge in [0.15, 0.2) is 18.2 Å². The number of piperazine rings is 1. The fraction of sp³-hybridized carbons (Fsp3) is 0.462. The first-order valence-electron chi connectivity index (χ1n) is 11.8. The maximum absolute atomic E-state index is 13.6. The number of nitrogens with one attached hydrogen (secondary N) is 2. The van der Waals surface area contributed by atoms with Crippen molar-refractivity contribution in [3.63, 3.8) is 0 Å². The minimum absolute atomic E-state index is 0.0675. The molecule has 2 aromatic rings. The number of hydrogen-bond donors (Lipinski definition) is 2. The maximum Gasteiger partial charge on any atom is 0.261 e. The average Bonchev–Trinajstić information content (AvgIpc) is 3.33. The van der Waals surface area contributed by atoms with Gasteiger partial charge in [-0.2, -0.15) is 0 Å². The molecule has 0 bridgehead atoms. The number of nitrogens with zero attached hydrogens (tertiary/aromatic N) is 1. The standard InChI is InChI=1S/C26H32FN3O4/c1-33-24-14-18(2-9-23(24)27)10-11-28-21-6-3-20(15-21)19-4-7-22(8-5-19)34-17-26(32)30-13-12-29-25(31)16-30/h2,4-5,7-9,14,20-21,28H,3,6,10-13,15-17H2,1H3,(H,29,31)/t20-,21+/m1/s1. The predicted octanol–water partition coefficient (Wildman–Crippen LogP) is 2.64. The van der Waals surface area contributed by atoms with Crippen LogP contribution in [0.15, 0.2) is 42.5 Å². The first-order chi connectivity index (χ1) is 16.5. The lowest BCUT2D eigenvalue weighted by atomic mass is 9.97. The molecule has 1 saturated carbocycles. The van der Waals surface area contributed by atoms with Crippen molar-refractivity contribution in [2.24, 2.45) is 0 Å². The molecule has 2 N–H and O–H groups in total. The van der Waals surface area contributed by atoms with Crippen LogP contribution in [0.3, 0.4) is 0 Å². The molecule has 8 heteroatoms. The van der Waals surface area contributed by atoms with Crippen molar-refractivity contribution in [3.05, 3.63) is 59.4 Å². The summed E-state index contributed by atoms with van der Waals surface area (Å²) in [5, 5.41) is 6.34. The van der Waals surface area contributed by atoms with Gasteiger partial charge in [-0.3, -0.25) is 9.59 Å². The zero-order valence-corrected chi connectivity index (χ0v) is 19.5. The molecule has 0 aromatic heterocycles. The van der Waals surface area contributed by atoms with Gasteiger partial charge >= 0.3 is 0 Å². The van der Waals surface area contributed by atoms with E-state index in [2.05, 4.69) is 22.8 Å². The van der Waals surface area contributed by atoms with E-state index in [4.69, 9.17) is 9.47 Å². The van der Waals surface area contributed by atoms with Gasteiger partial charge < -0.3 is 25.0 Å². The van der Waals surface area contributed by atoms with Gasteiger partial charge in [-0.1, -0.05) is 18.2 Å². The largest absolute Gasteiger partial charge is 0.494 e. The number of methoxy groups -OCH3 is 1. The van der Waals surface area contributed by atoms with Crippen molar-refractivity contribution in [2.75, 3.05) is 39.9 Å². The molecule has 0 spiro atoms. The van der Waals surface area contributed by atoms with Crippen LogP contribution in [0, 0.1) is 5.82 Å². The second-order valence-corrected chi connectivity index (χ2v) is 8.90. The molecule has 2 fully saturated rings. The van der Waals surface area contributed by atoms with Crippen LogP contribution in [0.2, 0.25) is 0 Å². The Kier molecular flexibility index (Phi) is 8.00. The number of hydrogen-bond acceptors (Lipinski definition) is 5. The van der Waals surface area contributed by atoms with Crippen LogP contribution in [-0.4, -0.2) is 62.7 Å². The quantitative estimate of drug-likeness (QED) is 0.590. The lowest BCUT2D eigenvalue weighted by Gasteiger charge is -2.26. The highest BCUT2D eigenvalue weighted by Crippen LogP contribution is 2.35. The second kappa shape index (κ2) is 11.3. The minimum Gasteiger partial charge on any atom is -0.494 e. The minimum atomic E-state index is -0.336. The normalized spacial score (nSPS) is 20.2. The topological polar surface area (TPSA) is 79.9 Å². The molecule has 1 aliphatic heterocycles. The average molecular weight is 470 g/mol. The Morgan fingerprint density at radius 1 is 1.21 bits per heavy atom. The third-order valence-electron chi connectivity index (χ3n) is 6.60. The smallest absolute Gasteiger partial charge is 0.261 e.